The first-order valence-electron chi connectivity index (χ1n) is 11.1. The number of benzene rings is 1. The molecule has 4 heteroatoms. The summed E-state index contributed by atoms with van der Waals surface area (Å²) in [7, 11) is 1.48. The maximum absolute atomic E-state index is 12.8. The lowest BCUT2D eigenvalue weighted by molar-refractivity contribution is -0.697. The number of aryl methyl sites for hydroxylation is 1. The summed E-state index contributed by atoms with van der Waals surface area (Å²) in [6.45, 7) is 1.09. The minimum atomic E-state index is -0.170. The lowest BCUT2D eigenvalue weighted by atomic mass is 9.86. The Bertz CT molecular complexity index is 886. The number of carbonyl (C=O) groups excluding carboxylic acids is 2. The van der Waals surface area contributed by atoms with Crippen molar-refractivity contribution >= 4 is 11.6 Å². The van der Waals surface area contributed by atoms with Gasteiger partial charge in [-0.3, -0.25) is 9.59 Å². The zero-order valence-electron chi connectivity index (χ0n) is 17.9. The number of carbonyl (C=O) groups is 2. The van der Waals surface area contributed by atoms with Gasteiger partial charge in [-0.25, -0.2) is 4.57 Å². The van der Waals surface area contributed by atoms with Crippen molar-refractivity contribution in [2.45, 2.75) is 64.3 Å². The molecule has 0 saturated heterocycles. The van der Waals surface area contributed by atoms with E-state index >= 15 is 0 Å². The van der Waals surface area contributed by atoms with Crippen LogP contribution in [0.4, 0.5) is 0 Å². The van der Waals surface area contributed by atoms with E-state index < -0.39 is 0 Å². The minimum Gasteiger partial charge on any atom is -0.492 e. The summed E-state index contributed by atoms with van der Waals surface area (Å²) in [5.74, 6) is 0.00434. The predicted octanol–water partition coefficient (Wildman–Crippen LogP) is 5.46. The molecule has 0 atom stereocenters. The molecule has 30 heavy (non-hydrogen) atoms. The summed E-state index contributed by atoms with van der Waals surface area (Å²) >= 11 is 0. The average molecular weight is 407 g/mol. The number of methoxy groups -OCH3 is 1. The summed E-state index contributed by atoms with van der Waals surface area (Å²) in [6, 6.07) is 13.2. The number of ether oxygens (including phenoxy) is 1. The van der Waals surface area contributed by atoms with Gasteiger partial charge in [0.1, 0.15) is 6.54 Å². The number of rotatable bonds is 12. The first kappa shape index (κ1) is 21.9. The van der Waals surface area contributed by atoms with Gasteiger partial charge in [-0.15, -0.1) is 0 Å². The van der Waals surface area contributed by atoms with Crippen molar-refractivity contribution in [3.63, 3.8) is 0 Å². The van der Waals surface area contributed by atoms with E-state index in [4.69, 9.17) is 4.74 Å². The third-order valence-corrected chi connectivity index (χ3v) is 5.75. The minimum absolute atomic E-state index is 0.0571. The Morgan fingerprint density at radius 3 is 1.90 bits per heavy atom. The molecule has 0 bridgehead atoms. The number of allylic oxidation sites excluding steroid dienone is 2. The molecule has 1 aliphatic rings. The number of Topliss-reactive ketones (excluding diaryl/α,β-unsaturated/α-hetero) is 2. The van der Waals surface area contributed by atoms with E-state index in [2.05, 4.69) is 29.1 Å². The fourth-order valence-electron chi connectivity index (χ4n) is 4.09. The van der Waals surface area contributed by atoms with Gasteiger partial charge in [-0.05, 0) is 19.3 Å². The molecule has 0 fully saturated rings. The van der Waals surface area contributed by atoms with Gasteiger partial charge in [-0.2, -0.15) is 0 Å². The molecular weight excluding hydrogens is 374 g/mol. The molecule has 0 saturated carbocycles. The Morgan fingerprint density at radius 1 is 0.700 bits per heavy atom. The van der Waals surface area contributed by atoms with Crippen LogP contribution in [0.15, 0.2) is 66.2 Å². The van der Waals surface area contributed by atoms with E-state index in [0.717, 1.165) is 19.4 Å². The van der Waals surface area contributed by atoms with Gasteiger partial charge in [0, 0.05) is 35.3 Å². The largest absolute Gasteiger partial charge is 0.492 e. The van der Waals surface area contributed by atoms with Crippen LogP contribution in [-0.4, -0.2) is 18.7 Å². The summed E-state index contributed by atoms with van der Waals surface area (Å²) in [4.78, 5) is 25.4. The second kappa shape index (κ2) is 11.4. The summed E-state index contributed by atoms with van der Waals surface area (Å²) < 4.78 is 7.55. The summed E-state index contributed by atoms with van der Waals surface area (Å²) in [6.07, 6.45) is 14.2. The molecule has 1 aromatic carbocycles. The Kier molecular flexibility index (Phi) is 8.37. The van der Waals surface area contributed by atoms with Gasteiger partial charge < -0.3 is 4.74 Å². The Hall–Kier alpha value is -2.75. The molecule has 0 radical (unpaired) electrons. The first-order chi connectivity index (χ1) is 14.7. The lowest BCUT2D eigenvalue weighted by Gasteiger charge is -2.19. The Morgan fingerprint density at radius 2 is 1.27 bits per heavy atom. The van der Waals surface area contributed by atoms with Crippen LogP contribution >= 0.6 is 0 Å². The molecule has 158 valence electrons. The van der Waals surface area contributed by atoms with Gasteiger partial charge in [0.05, 0.1) is 7.11 Å². The molecule has 0 aliphatic heterocycles. The number of hydrogen-bond donors (Lipinski definition) is 0. The van der Waals surface area contributed by atoms with Crippen molar-refractivity contribution in [3.05, 3.63) is 77.3 Å². The fourth-order valence-corrected chi connectivity index (χ4v) is 4.09. The van der Waals surface area contributed by atoms with E-state index in [-0.39, 0.29) is 17.3 Å². The van der Waals surface area contributed by atoms with Crippen molar-refractivity contribution in [3.8, 4) is 0 Å². The van der Waals surface area contributed by atoms with Crippen LogP contribution in [0.2, 0.25) is 0 Å². The maximum Gasteiger partial charge on any atom is 0.228 e. The number of pyridine rings is 1. The van der Waals surface area contributed by atoms with Crippen molar-refractivity contribution in [1.29, 1.82) is 0 Å². The molecule has 3 rings (SSSR count). The number of nitrogens with zero attached hydrogens (tertiary/aromatic N) is 1. The highest BCUT2D eigenvalue weighted by molar-refractivity contribution is 6.26. The highest BCUT2D eigenvalue weighted by atomic mass is 16.5. The molecular formula is C26H32NO3+. The second-order valence-corrected chi connectivity index (χ2v) is 7.91. The molecule has 0 N–H and O–H groups in total. The monoisotopic (exact) mass is 406 g/mol. The zero-order valence-corrected chi connectivity index (χ0v) is 17.9. The SMILES string of the molecule is COC1=C(CCCCCCCCCC[n+]2ccccc2)C(=O)c2ccccc2C1=O. The average Bonchev–Trinajstić information content (AvgIpc) is 2.79. The van der Waals surface area contributed by atoms with Crippen molar-refractivity contribution in [2.75, 3.05) is 7.11 Å². The number of unbranched alkanes of at least 4 members (excludes halogenated alkanes) is 7. The van der Waals surface area contributed by atoms with Crippen LogP contribution in [-0.2, 0) is 11.3 Å². The molecule has 1 aliphatic carbocycles. The standard InChI is InChI=1S/C26H32NO3/c1-30-26-23(24(28)21-15-10-11-16-22(21)25(26)29)17-9-6-4-2-3-5-7-12-18-27-19-13-8-14-20-27/h8,10-11,13-16,19-20H,2-7,9,12,17-18H2,1H3/q+1. The van der Waals surface area contributed by atoms with Gasteiger partial charge in [0.15, 0.2) is 23.9 Å². The van der Waals surface area contributed by atoms with E-state index in [1.54, 1.807) is 24.3 Å². The molecule has 0 spiro atoms. The first-order valence-corrected chi connectivity index (χ1v) is 11.1. The third-order valence-electron chi connectivity index (χ3n) is 5.75. The Balaban J connectivity index is 1.33. The topological polar surface area (TPSA) is 47.2 Å². The number of hydrogen-bond acceptors (Lipinski definition) is 3. The predicted molar refractivity (Wildman–Crippen MR) is 117 cm³/mol. The molecule has 0 unspecified atom stereocenters. The van der Waals surface area contributed by atoms with E-state index in [1.807, 2.05) is 6.07 Å². The highest BCUT2D eigenvalue weighted by Crippen LogP contribution is 2.29. The van der Waals surface area contributed by atoms with E-state index in [1.165, 1.54) is 45.6 Å². The number of ketones is 2. The van der Waals surface area contributed by atoms with Crippen LogP contribution in [0.25, 0.3) is 0 Å². The van der Waals surface area contributed by atoms with E-state index in [0.29, 0.717) is 23.1 Å². The van der Waals surface area contributed by atoms with Crippen molar-refractivity contribution in [1.82, 2.24) is 0 Å². The quantitative estimate of drug-likeness (QED) is 0.347. The van der Waals surface area contributed by atoms with Crippen molar-refractivity contribution < 1.29 is 18.9 Å². The normalized spacial score (nSPS) is 13.5. The molecule has 0 amide bonds. The molecule has 4 nitrogen and oxygen atoms in total. The number of fused-ring (bicyclic) bond motifs is 1. The zero-order chi connectivity index (χ0) is 21.2. The smallest absolute Gasteiger partial charge is 0.228 e. The van der Waals surface area contributed by atoms with Gasteiger partial charge >= 0.3 is 0 Å². The highest BCUT2D eigenvalue weighted by Gasteiger charge is 2.32. The third kappa shape index (κ3) is 5.65. The van der Waals surface area contributed by atoms with Crippen LogP contribution in [0.1, 0.15) is 78.5 Å². The van der Waals surface area contributed by atoms with Gasteiger partial charge in [0.2, 0.25) is 5.78 Å². The molecule has 1 heterocycles. The van der Waals surface area contributed by atoms with E-state index in [9.17, 15) is 9.59 Å². The van der Waals surface area contributed by atoms with Crippen LogP contribution in [0, 0.1) is 0 Å². The lowest BCUT2D eigenvalue weighted by Crippen LogP contribution is -2.32. The van der Waals surface area contributed by atoms with Crippen molar-refractivity contribution in [2.24, 2.45) is 0 Å². The summed E-state index contributed by atoms with van der Waals surface area (Å²) in [5, 5.41) is 0. The molecule has 1 aromatic heterocycles. The summed E-state index contributed by atoms with van der Waals surface area (Å²) in [5.41, 5.74) is 1.50. The maximum atomic E-state index is 12.8. The second-order valence-electron chi connectivity index (χ2n) is 7.91. The van der Waals surface area contributed by atoms with Crippen LogP contribution in [0.3, 0.4) is 0 Å². The van der Waals surface area contributed by atoms with Crippen LogP contribution < -0.4 is 4.57 Å². The molecule has 2 aromatic rings. The van der Waals surface area contributed by atoms with Gasteiger partial charge in [-0.1, -0.05) is 62.4 Å². The number of aromatic nitrogens is 1. The Labute approximate surface area is 179 Å². The fraction of sp³-hybridized carbons (Fsp3) is 0.423. The van der Waals surface area contributed by atoms with Crippen LogP contribution in [0.5, 0.6) is 0 Å². The van der Waals surface area contributed by atoms with Gasteiger partial charge in [0.25, 0.3) is 0 Å².